The smallest absolute Gasteiger partial charge is 0.163 e. The van der Waals surface area contributed by atoms with E-state index >= 15 is 0 Å². The van der Waals surface area contributed by atoms with Crippen molar-refractivity contribution in [2.24, 2.45) is 0 Å². The summed E-state index contributed by atoms with van der Waals surface area (Å²) < 4.78 is 9.87. The zero-order chi connectivity index (χ0) is 12.7. The summed E-state index contributed by atoms with van der Waals surface area (Å²) >= 11 is 0. The third kappa shape index (κ3) is 4.65. The summed E-state index contributed by atoms with van der Waals surface area (Å²) in [6.07, 6.45) is -1.08. The Morgan fingerprint density at radius 1 is 1.18 bits per heavy atom. The van der Waals surface area contributed by atoms with Crippen LogP contribution in [0.1, 0.15) is 24.5 Å². The highest BCUT2D eigenvalue weighted by molar-refractivity contribution is 5.79. The molecule has 1 N–H and O–H groups in total. The maximum atomic E-state index is 11.6. The van der Waals surface area contributed by atoms with Crippen molar-refractivity contribution in [3.05, 3.63) is 35.9 Å². The molecule has 0 saturated heterocycles. The molecule has 1 aromatic rings. The standard InChI is InChI=1S/C13H18O4/c1-16-13(17-2)9-11(14)8-12(15)10-6-4-3-5-7-10/h3-7,12-13,15H,8-9H2,1-2H3. The fourth-order valence-electron chi connectivity index (χ4n) is 1.54. The average Bonchev–Trinajstić information content (AvgIpc) is 2.37. The van der Waals surface area contributed by atoms with Gasteiger partial charge in [0.15, 0.2) is 6.29 Å². The van der Waals surface area contributed by atoms with Crippen molar-refractivity contribution in [3.63, 3.8) is 0 Å². The van der Waals surface area contributed by atoms with Crippen LogP contribution >= 0.6 is 0 Å². The number of methoxy groups -OCH3 is 2. The van der Waals surface area contributed by atoms with Crippen LogP contribution in [0.15, 0.2) is 30.3 Å². The molecule has 0 spiro atoms. The third-order valence-corrected chi connectivity index (χ3v) is 2.53. The van der Waals surface area contributed by atoms with Crippen molar-refractivity contribution in [1.82, 2.24) is 0 Å². The molecule has 0 saturated carbocycles. The summed E-state index contributed by atoms with van der Waals surface area (Å²) in [5.74, 6) is -0.0879. The number of carbonyl (C=O) groups is 1. The molecular formula is C13H18O4. The second-order valence-corrected chi connectivity index (χ2v) is 3.77. The minimum atomic E-state index is -0.766. The Kier molecular flexibility index (Phi) is 5.83. The number of aliphatic hydroxyl groups is 1. The molecule has 0 fully saturated rings. The number of Topliss-reactive ketones (excluding diaryl/α,β-unsaturated/α-hetero) is 1. The van der Waals surface area contributed by atoms with Crippen LogP contribution in [-0.2, 0) is 14.3 Å². The molecule has 1 rings (SSSR count). The fraction of sp³-hybridized carbons (Fsp3) is 0.462. The summed E-state index contributed by atoms with van der Waals surface area (Å²) in [6, 6.07) is 9.11. The molecule has 0 bridgehead atoms. The van der Waals surface area contributed by atoms with E-state index in [1.54, 1.807) is 12.1 Å². The second kappa shape index (κ2) is 7.17. The summed E-state index contributed by atoms with van der Waals surface area (Å²) in [5, 5.41) is 9.85. The first-order valence-corrected chi connectivity index (χ1v) is 5.47. The first-order chi connectivity index (χ1) is 8.17. The van der Waals surface area contributed by atoms with Crippen LogP contribution in [0.5, 0.6) is 0 Å². The number of hydrogen-bond acceptors (Lipinski definition) is 4. The summed E-state index contributed by atoms with van der Waals surface area (Å²) in [7, 11) is 2.96. The van der Waals surface area contributed by atoms with E-state index < -0.39 is 12.4 Å². The topological polar surface area (TPSA) is 55.8 Å². The van der Waals surface area contributed by atoms with Gasteiger partial charge in [0.05, 0.1) is 12.5 Å². The van der Waals surface area contributed by atoms with Crippen LogP contribution in [0.2, 0.25) is 0 Å². The Morgan fingerprint density at radius 3 is 2.29 bits per heavy atom. The van der Waals surface area contributed by atoms with E-state index in [2.05, 4.69) is 0 Å². The van der Waals surface area contributed by atoms with E-state index in [0.717, 1.165) is 5.56 Å². The highest BCUT2D eigenvalue weighted by Crippen LogP contribution is 2.17. The van der Waals surface area contributed by atoms with Crippen molar-refractivity contribution < 1.29 is 19.4 Å². The first-order valence-electron chi connectivity index (χ1n) is 5.47. The van der Waals surface area contributed by atoms with Gasteiger partial charge in [-0.25, -0.2) is 0 Å². The summed E-state index contributed by atoms with van der Waals surface area (Å²) in [6.45, 7) is 0. The quantitative estimate of drug-likeness (QED) is 0.734. The van der Waals surface area contributed by atoms with Crippen LogP contribution in [0, 0.1) is 0 Å². The number of benzene rings is 1. The predicted octanol–water partition coefficient (Wildman–Crippen LogP) is 1.69. The normalized spacial score (nSPS) is 12.7. The SMILES string of the molecule is COC(CC(=O)CC(O)c1ccccc1)OC. The fourth-order valence-corrected chi connectivity index (χ4v) is 1.54. The van der Waals surface area contributed by atoms with Gasteiger partial charge in [-0.15, -0.1) is 0 Å². The Hall–Kier alpha value is -1.23. The average molecular weight is 238 g/mol. The van der Waals surface area contributed by atoms with Gasteiger partial charge in [0.25, 0.3) is 0 Å². The van der Waals surface area contributed by atoms with E-state index in [0.29, 0.717) is 0 Å². The number of rotatable bonds is 7. The number of carbonyl (C=O) groups excluding carboxylic acids is 1. The summed E-state index contributed by atoms with van der Waals surface area (Å²) in [5.41, 5.74) is 0.743. The van der Waals surface area contributed by atoms with E-state index in [9.17, 15) is 9.90 Å². The molecule has 1 aromatic carbocycles. The molecule has 0 aliphatic rings. The second-order valence-electron chi connectivity index (χ2n) is 3.77. The minimum absolute atomic E-state index is 0.0766. The molecule has 0 heterocycles. The summed E-state index contributed by atoms with van der Waals surface area (Å²) in [4.78, 5) is 11.6. The van der Waals surface area contributed by atoms with Gasteiger partial charge in [0.1, 0.15) is 5.78 Å². The molecule has 0 amide bonds. The molecule has 0 aliphatic heterocycles. The Balaban J connectivity index is 2.46. The van der Waals surface area contributed by atoms with E-state index in [1.807, 2.05) is 18.2 Å². The van der Waals surface area contributed by atoms with Gasteiger partial charge in [-0.1, -0.05) is 30.3 Å². The van der Waals surface area contributed by atoms with Crippen LogP contribution in [0.4, 0.5) is 0 Å². The molecule has 0 aliphatic carbocycles. The Labute approximate surface area is 101 Å². The van der Waals surface area contributed by atoms with E-state index in [-0.39, 0.29) is 18.6 Å². The van der Waals surface area contributed by atoms with Crippen LogP contribution < -0.4 is 0 Å². The van der Waals surface area contributed by atoms with Gasteiger partial charge in [-0.05, 0) is 5.56 Å². The molecule has 17 heavy (non-hydrogen) atoms. The van der Waals surface area contributed by atoms with Gasteiger partial charge in [-0.2, -0.15) is 0 Å². The highest BCUT2D eigenvalue weighted by atomic mass is 16.7. The van der Waals surface area contributed by atoms with E-state index in [1.165, 1.54) is 14.2 Å². The lowest BCUT2D eigenvalue weighted by atomic mass is 10.0. The Bertz CT molecular complexity index is 333. The minimum Gasteiger partial charge on any atom is -0.388 e. The molecule has 4 heteroatoms. The maximum Gasteiger partial charge on any atom is 0.163 e. The zero-order valence-electron chi connectivity index (χ0n) is 10.1. The van der Waals surface area contributed by atoms with Gasteiger partial charge in [0, 0.05) is 20.6 Å². The third-order valence-electron chi connectivity index (χ3n) is 2.53. The molecule has 1 atom stereocenters. The van der Waals surface area contributed by atoms with E-state index in [4.69, 9.17) is 9.47 Å². The lowest BCUT2D eigenvalue weighted by Gasteiger charge is -2.14. The number of ether oxygens (including phenoxy) is 2. The van der Waals surface area contributed by atoms with Crippen molar-refractivity contribution >= 4 is 5.78 Å². The lowest BCUT2D eigenvalue weighted by Crippen LogP contribution is -2.19. The van der Waals surface area contributed by atoms with Crippen LogP contribution in [0.3, 0.4) is 0 Å². The largest absolute Gasteiger partial charge is 0.388 e. The molecule has 4 nitrogen and oxygen atoms in total. The van der Waals surface area contributed by atoms with Crippen molar-refractivity contribution in [2.45, 2.75) is 25.2 Å². The van der Waals surface area contributed by atoms with Gasteiger partial charge in [0.2, 0.25) is 0 Å². The molecule has 0 aromatic heterocycles. The number of hydrogen-bond donors (Lipinski definition) is 1. The van der Waals surface area contributed by atoms with Gasteiger partial charge >= 0.3 is 0 Å². The maximum absolute atomic E-state index is 11.6. The Morgan fingerprint density at radius 2 is 1.76 bits per heavy atom. The number of aliphatic hydroxyl groups excluding tert-OH is 1. The molecule has 0 radical (unpaired) electrons. The monoisotopic (exact) mass is 238 g/mol. The predicted molar refractivity (Wildman–Crippen MR) is 63.4 cm³/mol. The zero-order valence-corrected chi connectivity index (χ0v) is 10.1. The lowest BCUT2D eigenvalue weighted by molar-refractivity contribution is -0.139. The first kappa shape index (κ1) is 13.8. The van der Waals surface area contributed by atoms with Gasteiger partial charge in [-0.3, -0.25) is 4.79 Å². The van der Waals surface area contributed by atoms with Crippen molar-refractivity contribution in [3.8, 4) is 0 Å². The van der Waals surface area contributed by atoms with Crippen LogP contribution in [0.25, 0.3) is 0 Å². The van der Waals surface area contributed by atoms with Crippen LogP contribution in [-0.4, -0.2) is 31.4 Å². The van der Waals surface area contributed by atoms with Gasteiger partial charge < -0.3 is 14.6 Å². The number of ketones is 1. The molecule has 94 valence electrons. The van der Waals surface area contributed by atoms with Crippen molar-refractivity contribution in [2.75, 3.05) is 14.2 Å². The molecular weight excluding hydrogens is 220 g/mol. The molecule has 1 unspecified atom stereocenters. The highest BCUT2D eigenvalue weighted by Gasteiger charge is 2.16. The van der Waals surface area contributed by atoms with Crippen molar-refractivity contribution in [1.29, 1.82) is 0 Å².